The number of fused-ring (bicyclic) bond motifs is 13. The van der Waals surface area contributed by atoms with Crippen molar-refractivity contribution in [3.63, 3.8) is 0 Å². The lowest BCUT2D eigenvalue weighted by Gasteiger charge is -2.30. The summed E-state index contributed by atoms with van der Waals surface area (Å²) in [6.45, 7) is 0. The number of nitrogens with zero attached hydrogens (tertiary/aromatic N) is 4. The van der Waals surface area contributed by atoms with Gasteiger partial charge in [-0.15, -0.1) is 0 Å². The molecule has 0 bridgehead atoms. The highest BCUT2D eigenvalue weighted by Gasteiger charge is 2.51. The normalized spacial score (nSPS) is 12.9. The number of benzene rings is 8. The molecule has 2 heterocycles. The van der Waals surface area contributed by atoms with E-state index in [-0.39, 0.29) is 0 Å². The number of para-hydroxylation sites is 1. The van der Waals surface area contributed by atoms with E-state index in [4.69, 9.17) is 9.97 Å². The average Bonchev–Trinajstić information content (AvgIpc) is 3.90. The Bertz CT molecular complexity index is 3300. The quantitative estimate of drug-likeness (QED) is 0.181. The van der Waals surface area contributed by atoms with Gasteiger partial charge in [0.2, 0.25) is 0 Å². The summed E-state index contributed by atoms with van der Waals surface area (Å²) >= 11 is 0. The summed E-state index contributed by atoms with van der Waals surface area (Å²) in [5.74, 6) is 0.612. The summed E-state index contributed by atoms with van der Waals surface area (Å²) in [6.07, 6.45) is 0. The summed E-state index contributed by atoms with van der Waals surface area (Å²) in [6, 6.07) is 71.4. The van der Waals surface area contributed by atoms with Crippen LogP contribution in [0.4, 0.5) is 0 Å². The third kappa shape index (κ3) is 4.50. The van der Waals surface area contributed by atoms with Gasteiger partial charge < -0.3 is 4.57 Å². The van der Waals surface area contributed by atoms with Crippen molar-refractivity contribution in [1.82, 2.24) is 14.5 Å². The molecule has 12 rings (SSSR count). The van der Waals surface area contributed by atoms with Crippen molar-refractivity contribution in [1.29, 1.82) is 5.26 Å². The van der Waals surface area contributed by atoms with Crippen LogP contribution < -0.4 is 0 Å². The minimum absolute atomic E-state index is 0.437. The molecule has 0 atom stereocenters. The predicted octanol–water partition coefficient (Wildman–Crippen LogP) is 12.8. The molecule has 10 aromatic rings. The Kier molecular flexibility index (Phi) is 6.88. The Morgan fingerprint density at radius 2 is 1.00 bits per heavy atom. The highest BCUT2D eigenvalue weighted by molar-refractivity contribution is 6.12. The van der Waals surface area contributed by atoms with Crippen molar-refractivity contribution >= 4 is 21.8 Å². The van der Waals surface area contributed by atoms with Gasteiger partial charge in [0.05, 0.1) is 39.5 Å². The van der Waals surface area contributed by atoms with Crippen molar-refractivity contribution < 1.29 is 0 Å². The summed E-state index contributed by atoms with van der Waals surface area (Å²) in [5, 5.41) is 11.9. The molecule has 0 N–H and O–H groups in total. The topological polar surface area (TPSA) is 54.5 Å². The van der Waals surface area contributed by atoms with Crippen LogP contribution in [0.5, 0.6) is 0 Å². The molecule has 0 saturated heterocycles. The summed E-state index contributed by atoms with van der Waals surface area (Å²) < 4.78 is 2.43. The molecule has 4 nitrogen and oxygen atoms in total. The van der Waals surface area contributed by atoms with E-state index in [1.807, 2.05) is 42.5 Å². The van der Waals surface area contributed by atoms with Crippen LogP contribution in [0.3, 0.4) is 0 Å². The first-order valence-electron chi connectivity index (χ1n) is 19.6. The molecule has 0 amide bonds. The number of hydrogen-bond donors (Lipinski definition) is 0. The summed E-state index contributed by atoms with van der Waals surface area (Å²) in [5.41, 5.74) is 18.6. The van der Waals surface area contributed by atoms with Gasteiger partial charge in [0.25, 0.3) is 0 Å². The van der Waals surface area contributed by atoms with Crippen molar-refractivity contribution in [2.75, 3.05) is 0 Å². The van der Waals surface area contributed by atoms with E-state index in [1.165, 1.54) is 55.3 Å². The maximum absolute atomic E-state index is 9.46. The fraction of sp³-hybridized carbons (Fsp3) is 0.0185. The maximum atomic E-state index is 9.46. The fourth-order valence-electron chi connectivity index (χ4n) is 9.81. The number of nitriles is 1. The highest BCUT2D eigenvalue weighted by atomic mass is 15.0. The summed E-state index contributed by atoms with van der Waals surface area (Å²) in [4.78, 5) is 10.2. The van der Waals surface area contributed by atoms with E-state index in [1.54, 1.807) is 0 Å². The van der Waals surface area contributed by atoms with Gasteiger partial charge in [0.1, 0.15) is 0 Å². The van der Waals surface area contributed by atoms with E-state index in [2.05, 4.69) is 162 Å². The molecule has 0 radical (unpaired) electrons. The molecule has 0 unspecified atom stereocenters. The van der Waals surface area contributed by atoms with Crippen molar-refractivity contribution in [3.05, 3.63) is 222 Å². The number of aromatic nitrogens is 3. The first-order valence-corrected chi connectivity index (χ1v) is 19.6. The van der Waals surface area contributed by atoms with Gasteiger partial charge >= 0.3 is 0 Å². The largest absolute Gasteiger partial charge is 0.309 e. The molecule has 268 valence electrons. The van der Waals surface area contributed by atoms with Crippen molar-refractivity contribution in [2.24, 2.45) is 0 Å². The lowest BCUT2D eigenvalue weighted by atomic mass is 9.70. The average molecular weight is 737 g/mol. The minimum atomic E-state index is -0.437. The lowest BCUT2D eigenvalue weighted by molar-refractivity contribution is 0.794. The second kappa shape index (κ2) is 12.3. The molecule has 2 aliphatic carbocycles. The zero-order valence-corrected chi connectivity index (χ0v) is 31.3. The highest BCUT2D eigenvalue weighted by Crippen LogP contribution is 2.63. The monoisotopic (exact) mass is 736 g/mol. The fourth-order valence-corrected chi connectivity index (χ4v) is 9.81. The van der Waals surface area contributed by atoms with Gasteiger partial charge in [-0.3, -0.25) is 0 Å². The SMILES string of the molecule is N#Cc1ccc(-c2nc(-c3ccccc3)cc(-c3cccc(-n4c5ccccc5c5cc6c(cc54)C4(c5ccccc5-c5ccccc54)c4ccccc4-6)c3)n2)cc1. The van der Waals surface area contributed by atoms with Crippen LogP contribution in [0.15, 0.2) is 194 Å². The molecular weight excluding hydrogens is 705 g/mol. The Morgan fingerprint density at radius 3 is 1.69 bits per heavy atom. The second-order valence-electron chi connectivity index (χ2n) is 15.2. The standard InChI is InChI=1S/C54H32N4/c55-33-34-25-27-36(28-26-34)53-56-49(35-13-2-1-3-14-35)32-50(57-53)37-15-12-16-38(29-37)58-51-24-11-7-20-42(51)44-30-43-41-19-6-10-23-47(41)54(48(43)31-52(44)58)45-21-8-4-17-39(45)40-18-5-9-22-46(40)54/h1-32H. The van der Waals surface area contributed by atoms with Crippen LogP contribution in [0.2, 0.25) is 0 Å². The van der Waals surface area contributed by atoms with Crippen LogP contribution in [0.1, 0.15) is 27.8 Å². The van der Waals surface area contributed by atoms with E-state index in [0.29, 0.717) is 11.4 Å². The van der Waals surface area contributed by atoms with Crippen LogP contribution in [0, 0.1) is 11.3 Å². The Hall–Kier alpha value is -7.87. The zero-order chi connectivity index (χ0) is 38.4. The maximum Gasteiger partial charge on any atom is 0.160 e. The van der Waals surface area contributed by atoms with Gasteiger partial charge in [0, 0.05) is 33.2 Å². The Labute approximate surface area is 335 Å². The predicted molar refractivity (Wildman–Crippen MR) is 234 cm³/mol. The number of rotatable bonds is 4. The molecule has 4 heteroatoms. The van der Waals surface area contributed by atoms with Crippen LogP contribution in [-0.4, -0.2) is 14.5 Å². The van der Waals surface area contributed by atoms with Crippen LogP contribution in [-0.2, 0) is 5.41 Å². The smallest absolute Gasteiger partial charge is 0.160 e. The molecule has 0 saturated carbocycles. The molecule has 8 aromatic carbocycles. The van der Waals surface area contributed by atoms with E-state index in [9.17, 15) is 5.26 Å². The van der Waals surface area contributed by atoms with Gasteiger partial charge in [0.15, 0.2) is 5.82 Å². The lowest BCUT2D eigenvalue weighted by Crippen LogP contribution is -2.25. The first kappa shape index (κ1) is 32.4. The second-order valence-corrected chi connectivity index (χ2v) is 15.2. The zero-order valence-electron chi connectivity index (χ0n) is 31.3. The van der Waals surface area contributed by atoms with Gasteiger partial charge in [-0.1, -0.05) is 133 Å². The van der Waals surface area contributed by atoms with Gasteiger partial charge in [-0.2, -0.15) is 5.26 Å². The number of hydrogen-bond acceptors (Lipinski definition) is 3. The Morgan fingerprint density at radius 1 is 0.414 bits per heavy atom. The van der Waals surface area contributed by atoms with Crippen LogP contribution >= 0.6 is 0 Å². The molecule has 0 aliphatic heterocycles. The minimum Gasteiger partial charge on any atom is -0.309 e. The summed E-state index contributed by atoms with van der Waals surface area (Å²) in [7, 11) is 0. The third-order valence-corrected chi connectivity index (χ3v) is 12.3. The van der Waals surface area contributed by atoms with Crippen molar-refractivity contribution in [2.45, 2.75) is 5.41 Å². The third-order valence-electron chi connectivity index (χ3n) is 12.3. The molecule has 1 spiro atoms. The van der Waals surface area contributed by atoms with Crippen LogP contribution in [0.25, 0.3) is 83.6 Å². The van der Waals surface area contributed by atoms with Crippen molar-refractivity contribution in [3.8, 4) is 67.9 Å². The molecule has 0 fully saturated rings. The molecule has 2 aliphatic rings. The van der Waals surface area contributed by atoms with E-state index in [0.717, 1.165) is 44.8 Å². The first-order chi connectivity index (χ1) is 28.7. The molecule has 2 aromatic heterocycles. The van der Waals surface area contributed by atoms with E-state index < -0.39 is 5.41 Å². The molecule has 58 heavy (non-hydrogen) atoms. The van der Waals surface area contributed by atoms with Gasteiger partial charge in [-0.25, -0.2) is 9.97 Å². The Balaban J connectivity index is 1.10. The molecular formula is C54H32N4. The van der Waals surface area contributed by atoms with Gasteiger partial charge in [-0.05, 0) is 105 Å². The van der Waals surface area contributed by atoms with E-state index >= 15 is 0 Å².